The van der Waals surface area contributed by atoms with Gasteiger partial charge in [-0.3, -0.25) is 9.78 Å². The zero-order valence-corrected chi connectivity index (χ0v) is 13.1. The zero-order valence-electron chi connectivity index (χ0n) is 12.3. The van der Waals surface area contributed by atoms with Crippen molar-refractivity contribution in [3.05, 3.63) is 23.5 Å². The summed E-state index contributed by atoms with van der Waals surface area (Å²) in [5, 5.41) is 12.0. The molecule has 0 aromatic carbocycles. The molecule has 0 aliphatic carbocycles. The van der Waals surface area contributed by atoms with Gasteiger partial charge in [-0.05, 0) is 25.2 Å². The van der Waals surface area contributed by atoms with Crippen molar-refractivity contribution >= 4 is 29.5 Å². The van der Waals surface area contributed by atoms with Crippen LogP contribution in [-0.2, 0) is 4.79 Å². The van der Waals surface area contributed by atoms with E-state index >= 15 is 0 Å². The SMILES string of the molecule is CSc1cnc(C2=NC(C)(C(C)C)C(=O)N2)c(C(=O)O)c1. The Hall–Kier alpha value is -1.89. The van der Waals surface area contributed by atoms with Gasteiger partial charge in [-0.25, -0.2) is 9.79 Å². The first kappa shape index (κ1) is 15.5. The molecular weight excluding hydrogens is 290 g/mol. The normalized spacial score (nSPS) is 21.4. The first-order chi connectivity index (χ1) is 9.79. The minimum Gasteiger partial charge on any atom is -0.478 e. The predicted octanol–water partition coefficient (Wildman–Crippen LogP) is 1.79. The number of aromatic nitrogens is 1. The van der Waals surface area contributed by atoms with Crippen molar-refractivity contribution in [3.8, 4) is 0 Å². The number of aromatic carboxylic acids is 1. The molecule has 2 N–H and O–H groups in total. The molecule has 7 heteroatoms. The average Bonchev–Trinajstić information content (AvgIpc) is 2.75. The molecule has 1 amide bonds. The lowest BCUT2D eigenvalue weighted by Gasteiger charge is -2.21. The number of hydrogen-bond acceptors (Lipinski definition) is 5. The highest BCUT2D eigenvalue weighted by Crippen LogP contribution is 2.27. The molecule has 0 saturated heterocycles. The van der Waals surface area contributed by atoms with Crippen molar-refractivity contribution < 1.29 is 14.7 Å². The highest BCUT2D eigenvalue weighted by atomic mass is 32.2. The standard InChI is InChI=1S/C14H17N3O3S/c1-7(2)14(3)13(20)16-11(17-14)10-9(12(18)19)5-8(21-4)6-15-10/h5-7H,1-4H3,(H,18,19)(H,16,17,20). The third-order valence-corrected chi connectivity index (χ3v) is 4.41. The van der Waals surface area contributed by atoms with Crippen LogP contribution in [0.5, 0.6) is 0 Å². The number of rotatable bonds is 4. The molecule has 21 heavy (non-hydrogen) atoms. The highest BCUT2D eigenvalue weighted by molar-refractivity contribution is 7.98. The number of carboxylic acids is 1. The molecule has 0 fully saturated rings. The Balaban J connectivity index is 2.53. The van der Waals surface area contributed by atoms with Crippen molar-refractivity contribution in [1.29, 1.82) is 0 Å². The number of aliphatic imine (C=N–C) groups is 1. The summed E-state index contributed by atoms with van der Waals surface area (Å²) < 4.78 is 0. The summed E-state index contributed by atoms with van der Waals surface area (Å²) in [6.45, 7) is 5.53. The molecule has 1 atom stereocenters. The third-order valence-electron chi connectivity index (χ3n) is 3.71. The maximum Gasteiger partial charge on any atom is 0.338 e. The molecule has 1 aromatic rings. The summed E-state index contributed by atoms with van der Waals surface area (Å²) in [6, 6.07) is 1.54. The molecule has 0 spiro atoms. The Morgan fingerprint density at radius 3 is 2.62 bits per heavy atom. The number of nitrogens with zero attached hydrogens (tertiary/aromatic N) is 2. The van der Waals surface area contributed by atoms with Gasteiger partial charge in [0.2, 0.25) is 0 Å². The number of amides is 1. The Bertz CT molecular complexity index is 642. The molecule has 1 aliphatic heterocycles. The van der Waals surface area contributed by atoms with Crippen LogP contribution in [0.2, 0.25) is 0 Å². The maximum atomic E-state index is 12.1. The molecule has 1 unspecified atom stereocenters. The molecule has 0 bridgehead atoms. The summed E-state index contributed by atoms with van der Waals surface area (Å²) >= 11 is 1.40. The third kappa shape index (κ3) is 2.65. The van der Waals surface area contributed by atoms with E-state index in [0.717, 1.165) is 4.90 Å². The molecule has 0 saturated carbocycles. The second kappa shape index (κ2) is 5.48. The second-order valence-electron chi connectivity index (χ2n) is 5.29. The van der Waals surface area contributed by atoms with Gasteiger partial charge in [-0.15, -0.1) is 11.8 Å². The maximum absolute atomic E-state index is 12.1. The topological polar surface area (TPSA) is 91.7 Å². The van der Waals surface area contributed by atoms with Gasteiger partial charge in [0.25, 0.3) is 5.91 Å². The van der Waals surface area contributed by atoms with E-state index in [2.05, 4.69) is 15.3 Å². The van der Waals surface area contributed by atoms with Crippen molar-refractivity contribution in [2.24, 2.45) is 10.9 Å². The van der Waals surface area contributed by atoms with E-state index in [1.807, 2.05) is 20.1 Å². The van der Waals surface area contributed by atoms with Crippen LogP contribution in [0, 0.1) is 5.92 Å². The van der Waals surface area contributed by atoms with E-state index < -0.39 is 11.5 Å². The van der Waals surface area contributed by atoms with Gasteiger partial charge < -0.3 is 10.4 Å². The smallest absolute Gasteiger partial charge is 0.338 e. The van der Waals surface area contributed by atoms with Crippen LogP contribution in [0.4, 0.5) is 0 Å². The highest BCUT2D eigenvalue weighted by Gasteiger charge is 2.43. The summed E-state index contributed by atoms with van der Waals surface area (Å²) in [5.74, 6) is -1.11. The molecule has 1 aromatic heterocycles. The Labute approximate surface area is 127 Å². The van der Waals surface area contributed by atoms with E-state index in [1.54, 1.807) is 13.1 Å². The van der Waals surface area contributed by atoms with Crippen molar-refractivity contribution in [3.63, 3.8) is 0 Å². The van der Waals surface area contributed by atoms with E-state index in [9.17, 15) is 14.7 Å². The van der Waals surface area contributed by atoms with Gasteiger partial charge >= 0.3 is 5.97 Å². The van der Waals surface area contributed by atoms with Crippen molar-refractivity contribution in [1.82, 2.24) is 10.3 Å². The lowest BCUT2D eigenvalue weighted by atomic mass is 9.89. The first-order valence-electron chi connectivity index (χ1n) is 6.48. The van der Waals surface area contributed by atoms with Crippen LogP contribution >= 0.6 is 11.8 Å². The predicted molar refractivity (Wildman–Crippen MR) is 80.9 cm³/mol. The lowest BCUT2D eigenvalue weighted by molar-refractivity contribution is -0.124. The number of pyridine rings is 1. The van der Waals surface area contributed by atoms with Crippen LogP contribution in [0.25, 0.3) is 0 Å². The number of amidine groups is 1. The molecular formula is C14H17N3O3S. The van der Waals surface area contributed by atoms with E-state index in [4.69, 9.17) is 0 Å². The average molecular weight is 307 g/mol. The fraction of sp³-hybridized carbons (Fsp3) is 0.429. The monoisotopic (exact) mass is 307 g/mol. The van der Waals surface area contributed by atoms with Crippen molar-refractivity contribution in [2.45, 2.75) is 31.2 Å². The number of thioether (sulfide) groups is 1. The Morgan fingerprint density at radius 1 is 1.48 bits per heavy atom. The fourth-order valence-electron chi connectivity index (χ4n) is 1.96. The molecule has 112 valence electrons. The van der Waals surface area contributed by atoms with Crippen LogP contribution in [0.3, 0.4) is 0 Å². The van der Waals surface area contributed by atoms with Crippen LogP contribution in [0.1, 0.15) is 36.8 Å². The summed E-state index contributed by atoms with van der Waals surface area (Å²) in [4.78, 5) is 32.8. The summed E-state index contributed by atoms with van der Waals surface area (Å²) in [5.41, 5.74) is -0.669. The van der Waals surface area contributed by atoms with E-state index in [0.29, 0.717) is 0 Å². The fourth-order valence-corrected chi connectivity index (χ4v) is 2.35. The van der Waals surface area contributed by atoms with Crippen LogP contribution in [0.15, 0.2) is 22.2 Å². The zero-order chi connectivity index (χ0) is 15.8. The molecule has 2 rings (SSSR count). The van der Waals surface area contributed by atoms with Gasteiger partial charge in [-0.2, -0.15) is 0 Å². The number of carboxylic acid groups (broad SMARTS) is 1. The van der Waals surface area contributed by atoms with Gasteiger partial charge in [0.15, 0.2) is 5.84 Å². The number of nitrogens with one attached hydrogen (secondary N) is 1. The molecule has 0 radical (unpaired) electrons. The van der Waals surface area contributed by atoms with Crippen molar-refractivity contribution in [2.75, 3.05) is 6.26 Å². The van der Waals surface area contributed by atoms with Gasteiger partial charge in [0, 0.05) is 11.1 Å². The van der Waals surface area contributed by atoms with Crippen LogP contribution < -0.4 is 5.32 Å². The Morgan fingerprint density at radius 2 is 2.14 bits per heavy atom. The number of carbonyl (C=O) groups is 2. The quantitative estimate of drug-likeness (QED) is 0.827. The van der Waals surface area contributed by atoms with Gasteiger partial charge in [0.05, 0.1) is 5.56 Å². The minimum absolute atomic E-state index is 0.00579. The Kier molecular flexibility index (Phi) is 4.04. The second-order valence-corrected chi connectivity index (χ2v) is 6.17. The molecule has 2 heterocycles. The largest absolute Gasteiger partial charge is 0.478 e. The van der Waals surface area contributed by atoms with Crippen LogP contribution in [-0.4, -0.2) is 39.6 Å². The summed E-state index contributed by atoms with van der Waals surface area (Å²) in [6.07, 6.45) is 3.42. The van der Waals surface area contributed by atoms with Gasteiger partial charge in [-0.1, -0.05) is 13.8 Å². The summed E-state index contributed by atoms with van der Waals surface area (Å²) in [7, 11) is 0. The molecule has 6 nitrogen and oxygen atoms in total. The number of hydrogen-bond donors (Lipinski definition) is 2. The van der Waals surface area contributed by atoms with E-state index in [-0.39, 0.29) is 28.9 Å². The first-order valence-corrected chi connectivity index (χ1v) is 7.71. The van der Waals surface area contributed by atoms with E-state index in [1.165, 1.54) is 17.8 Å². The van der Waals surface area contributed by atoms with Gasteiger partial charge in [0.1, 0.15) is 11.2 Å². The molecule has 1 aliphatic rings. The number of carbonyl (C=O) groups excluding carboxylic acids is 1. The lowest BCUT2D eigenvalue weighted by Crippen LogP contribution is -2.41. The minimum atomic E-state index is -1.09.